The number of anilines is 1. The third-order valence-corrected chi connectivity index (χ3v) is 3.51. The van der Waals surface area contributed by atoms with Crippen molar-refractivity contribution >= 4 is 12.5 Å². The zero-order valence-corrected chi connectivity index (χ0v) is 11.5. The second-order valence-corrected chi connectivity index (χ2v) is 4.99. The largest absolute Gasteiger partial charge is 0.391 e. The van der Waals surface area contributed by atoms with Gasteiger partial charge in [0.25, 0.3) is 0 Å². The highest BCUT2D eigenvalue weighted by molar-refractivity contribution is 5.26. The van der Waals surface area contributed by atoms with Gasteiger partial charge in [0.05, 0.1) is 12.6 Å². The molecule has 0 saturated carbocycles. The number of hydrogen-bond acceptors (Lipinski definition) is 8. The summed E-state index contributed by atoms with van der Waals surface area (Å²) in [6.07, 6.45) is -3.73. The summed E-state index contributed by atoms with van der Waals surface area (Å²) >= 11 is 0. The summed E-state index contributed by atoms with van der Waals surface area (Å²) in [5.74, 6) is 0.0121. The van der Waals surface area contributed by atoms with Gasteiger partial charge in [0.15, 0.2) is 5.72 Å². The quantitative estimate of drug-likeness (QED) is 0.457. The summed E-state index contributed by atoms with van der Waals surface area (Å²) in [6.45, 7) is 4.52. The highest BCUT2D eigenvalue weighted by atomic mass is 16.6. The molecule has 0 aromatic carbocycles. The van der Waals surface area contributed by atoms with E-state index in [1.165, 1.54) is 19.2 Å². The van der Waals surface area contributed by atoms with Gasteiger partial charge in [-0.15, -0.1) is 0 Å². The van der Waals surface area contributed by atoms with Crippen LogP contribution >= 0.6 is 0 Å². The van der Waals surface area contributed by atoms with E-state index in [1.807, 2.05) is 0 Å². The minimum atomic E-state index is -1.69. The van der Waals surface area contributed by atoms with Gasteiger partial charge in [-0.05, 0) is 19.7 Å². The van der Waals surface area contributed by atoms with Crippen molar-refractivity contribution in [3.05, 3.63) is 22.7 Å². The Balaban J connectivity index is 2.56. The number of aliphatic imine (C=N–C) groups is 1. The standard InChI is InChI=1S/C12H18N4O5/c1-6(17)9-8(18)10(19)12(21-9,5-14-2)16-4-3-7(13)15-11(16)20/h3-4,6,8-10,17-19H,2,5H2,1H3,(H2,13,15,20). The van der Waals surface area contributed by atoms with Gasteiger partial charge in [-0.25, -0.2) is 4.79 Å². The SMILES string of the molecule is C=NCC1(n2ccc(N)nc2=O)OC(C(C)O)C(O)C1O. The Kier molecular flexibility index (Phi) is 4.10. The van der Waals surface area contributed by atoms with E-state index in [0.717, 1.165) is 4.57 Å². The number of hydrogen-bond donors (Lipinski definition) is 4. The maximum absolute atomic E-state index is 12.0. The summed E-state index contributed by atoms with van der Waals surface area (Å²) in [5, 5.41) is 30.0. The van der Waals surface area contributed by atoms with Crippen LogP contribution in [-0.2, 0) is 10.5 Å². The predicted molar refractivity (Wildman–Crippen MR) is 73.9 cm³/mol. The lowest BCUT2D eigenvalue weighted by Crippen LogP contribution is -2.52. The molecule has 1 aliphatic rings. The van der Waals surface area contributed by atoms with Gasteiger partial charge in [-0.3, -0.25) is 9.56 Å². The first-order valence-corrected chi connectivity index (χ1v) is 6.33. The average Bonchev–Trinajstić information content (AvgIpc) is 2.65. The molecule has 0 bridgehead atoms. The van der Waals surface area contributed by atoms with Crippen molar-refractivity contribution in [1.29, 1.82) is 0 Å². The fourth-order valence-corrected chi connectivity index (χ4v) is 2.48. The average molecular weight is 298 g/mol. The molecule has 5 N–H and O–H groups in total. The Labute approximate surface area is 120 Å². The fourth-order valence-electron chi connectivity index (χ4n) is 2.48. The van der Waals surface area contributed by atoms with Crippen molar-refractivity contribution in [1.82, 2.24) is 9.55 Å². The van der Waals surface area contributed by atoms with E-state index in [2.05, 4.69) is 16.7 Å². The van der Waals surface area contributed by atoms with Crippen LogP contribution < -0.4 is 11.4 Å². The van der Waals surface area contributed by atoms with Crippen molar-refractivity contribution in [3.63, 3.8) is 0 Å². The molecule has 1 saturated heterocycles. The molecule has 5 unspecified atom stereocenters. The summed E-state index contributed by atoms with van der Waals surface area (Å²) in [7, 11) is 0. The van der Waals surface area contributed by atoms with E-state index in [9.17, 15) is 20.1 Å². The molecule has 1 aromatic rings. The number of nitrogens with zero attached hydrogens (tertiary/aromatic N) is 3. The number of nitrogen functional groups attached to an aromatic ring is 1. The van der Waals surface area contributed by atoms with E-state index in [-0.39, 0.29) is 12.4 Å². The zero-order valence-electron chi connectivity index (χ0n) is 11.5. The maximum atomic E-state index is 12.0. The molecule has 21 heavy (non-hydrogen) atoms. The molecule has 1 fully saturated rings. The molecule has 0 aliphatic carbocycles. The Morgan fingerprint density at radius 3 is 2.81 bits per heavy atom. The second-order valence-electron chi connectivity index (χ2n) is 4.99. The molecule has 9 heteroatoms. The summed E-state index contributed by atoms with van der Waals surface area (Å²) in [5.41, 5.74) is 2.97. The van der Waals surface area contributed by atoms with Crippen molar-refractivity contribution < 1.29 is 20.1 Å². The van der Waals surface area contributed by atoms with Gasteiger partial charge in [-0.2, -0.15) is 4.98 Å². The minimum Gasteiger partial charge on any atom is -0.391 e. The Hall–Kier alpha value is -1.81. The lowest BCUT2D eigenvalue weighted by atomic mass is 10.0. The monoisotopic (exact) mass is 298 g/mol. The lowest BCUT2D eigenvalue weighted by Gasteiger charge is -2.32. The number of rotatable bonds is 4. The zero-order chi connectivity index (χ0) is 15.8. The maximum Gasteiger partial charge on any atom is 0.351 e. The molecular weight excluding hydrogens is 280 g/mol. The van der Waals surface area contributed by atoms with Crippen LogP contribution in [0, 0.1) is 0 Å². The molecule has 0 spiro atoms. The summed E-state index contributed by atoms with van der Waals surface area (Å²) in [6, 6.07) is 1.35. The lowest BCUT2D eigenvalue weighted by molar-refractivity contribution is -0.153. The molecule has 2 rings (SSSR count). The van der Waals surface area contributed by atoms with E-state index >= 15 is 0 Å². The van der Waals surface area contributed by atoms with Crippen molar-refractivity contribution in [2.24, 2.45) is 4.99 Å². The van der Waals surface area contributed by atoms with Crippen molar-refractivity contribution in [3.8, 4) is 0 Å². The number of aliphatic hydroxyl groups excluding tert-OH is 3. The third-order valence-electron chi connectivity index (χ3n) is 3.51. The predicted octanol–water partition coefficient (Wildman–Crippen LogP) is -2.32. The molecule has 5 atom stereocenters. The number of ether oxygens (including phenoxy) is 1. The van der Waals surface area contributed by atoms with Crippen LogP contribution in [0.5, 0.6) is 0 Å². The number of aromatic nitrogens is 2. The van der Waals surface area contributed by atoms with Crippen LogP contribution in [0.4, 0.5) is 5.82 Å². The number of aliphatic hydroxyl groups is 3. The minimum absolute atomic E-state index is 0.0121. The Morgan fingerprint density at radius 2 is 2.33 bits per heavy atom. The van der Waals surface area contributed by atoms with Crippen LogP contribution in [0.3, 0.4) is 0 Å². The van der Waals surface area contributed by atoms with Gasteiger partial charge in [-0.1, -0.05) is 0 Å². The first-order valence-electron chi connectivity index (χ1n) is 6.33. The third kappa shape index (κ3) is 2.44. The van der Waals surface area contributed by atoms with Gasteiger partial charge in [0.2, 0.25) is 0 Å². The summed E-state index contributed by atoms with van der Waals surface area (Å²) in [4.78, 5) is 19.2. The fraction of sp³-hybridized carbons (Fsp3) is 0.583. The van der Waals surface area contributed by atoms with Crippen LogP contribution in [-0.4, -0.2) is 62.5 Å². The van der Waals surface area contributed by atoms with Gasteiger partial charge in [0.1, 0.15) is 24.1 Å². The van der Waals surface area contributed by atoms with Crippen molar-refractivity contribution in [2.45, 2.75) is 37.1 Å². The van der Waals surface area contributed by atoms with Crippen LogP contribution in [0.1, 0.15) is 6.92 Å². The molecule has 2 heterocycles. The van der Waals surface area contributed by atoms with E-state index in [0.29, 0.717) is 0 Å². The smallest absolute Gasteiger partial charge is 0.351 e. The highest BCUT2D eigenvalue weighted by Gasteiger charge is 2.57. The normalized spacial score (nSPS) is 33.8. The highest BCUT2D eigenvalue weighted by Crippen LogP contribution is 2.36. The molecule has 116 valence electrons. The first-order chi connectivity index (χ1) is 9.83. The van der Waals surface area contributed by atoms with Crippen LogP contribution in [0.15, 0.2) is 22.1 Å². The van der Waals surface area contributed by atoms with Crippen molar-refractivity contribution in [2.75, 3.05) is 12.3 Å². The molecule has 0 amide bonds. The Bertz CT molecular complexity index is 589. The molecule has 1 aliphatic heterocycles. The Morgan fingerprint density at radius 1 is 1.67 bits per heavy atom. The van der Waals surface area contributed by atoms with Gasteiger partial charge < -0.3 is 25.8 Å². The first kappa shape index (κ1) is 15.6. The molecule has 1 aromatic heterocycles. The topological polar surface area (TPSA) is 143 Å². The molecule has 0 radical (unpaired) electrons. The summed E-state index contributed by atoms with van der Waals surface area (Å²) < 4.78 is 6.57. The van der Waals surface area contributed by atoms with E-state index in [1.54, 1.807) is 0 Å². The van der Waals surface area contributed by atoms with Gasteiger partial charge in [0, 0.05) is 6.20 Å². The van der Waals surface area contributed by atoms with Crippen LogP contribution in [0.25, 0.3) is 0 Å². The number of nitrogens with two attached hydrogens (primary N) is 1. The molecule has 9 nitrogen and oxygen atoms in total. The van der Waals surface area contributed by atoms with E-state index in [4.69, 9.17) is 10.5 Å². The second kappa shape index (κ2) is 5.53. The van der Waals surface area contributed by atoms with Crippen LogP contribution in [0.2, 0.25) is 0 Å². The molecular formula is C12H18N4O5. The van der Waals surface area contributed by atoms with E-state index < -0.39 is 35.8 Å². The van der Waals surface area contributed by atoms with Gasteiger partial charge >= 0.3 is 5.69 Å².